The van der Waals surface area contributed by atoms with Crippen molar-refractivity contribution in [2.24, 2.45) is 0 Å². The van der Waals surface area contributed by atoms with Crippen molar-refractivity contribution in [3.05, 3.63) is 12.2 Å². The predicted octanol–water partition coefficient (Wildman–Crippen LogP) is 3.59. The van der Waals surface area contributed by atoms with Gasteiger partial charge in [0, 0.05) is 0 Å². The molecule has 2 heteroatoms. The molecule has 0 aromatic carbocycles. The van der Waals surface area contributed by atoms with Crippen LogP contribution < -0.4 is 0 Å². The van der Waals surface area contributed by atoms with E-state index in [1.807, 2.05) is 19.1 Å². The van der Waals surface area contributed by atoms with Gasteiger partial charge in [-0.1, -0.05) is 32.8 Å². The third-order valence-electron chi connectivity index (χ3n) is 2.69. The molecule has 1 nitrogen and oxygen atoms in total. The van der Waals surface area contributed by atoms with Gasteiger partial charge in [0.15, 0.2) is 8.32 Å². The van der Waals surface area contributed by atoms with Gasteiger partial charge < -0.3 is 4.43 Å². The molecule has 0 spiro atoms. The van der Waals surface area contributed by atoms with Gasteiger partial charge >= 0.3 is 0 Å². The summed E-state index contributed by atoms with van der Waals surface area (Å²) in [6.07, 6.45) is 3.84. The van der Waals surface area contributed by atoms with Crippen molar-refractivity contribution < 1.29 is 4.43 Å². The van der Waals surface area contributed by atoms with Crippen molar-refractivity contribution in [3.63, 3.8) is 0 Å². The highest BCUT2D eigenvalue weighted by Gasteiger charge is 2.36. The summed E-state index contributed by atoms with van der Waals surface area (Å²) in [5.41, 5.74) is 0. The Balaban J connectivity index is 4.05. The molecule has 0 aromatic heterocycles. The van der Waals surface area contributed by atoms with Crippen LogP contribution in [0.25, 0.3) is 0 Å². The molecule has 0 aliphatic heterocycles. The first-order chi connectivity index (χ1) is 6.31. The Morgan fingerprint density at radius 1 is 1.29 bits per heavy atom. The second-order valence-corrected chi connectivity index (χ2v) is 9.68. The zero-order valence-corrected chi connectivity index (χ0v) is 11.3. The standard InChI is InChI=1S/C12H22OSi/c1-7-8-9-10-11-13-14(5,6)12(2,3)4/h9-10H,11H2,1-6H3/b10-9-. The molecule has 0 saturated carbocycles. The molecule has 0 aliphatic rings. The summed E-state index contributed by atoms with van der Waals surface area (Å²) >= 11 is 0. The second kappa shape index (κ2) is 5.38. The maximum absolute atomic E-state index is 5.92. The van der Waals surface area contributed by atoms with Crippen molar-refractivity contribution in [2.45, 2.75) is 45.8 Å². The minimum absolute atomic E-state index is 0.289. The van der Waals surface area contributed by atoms with Crippen molar-refractivity contribution in [1.29, 1.82) is 0 Å². The van der Waals surface area contributed by atoms with Crippen LogP contribution >= 0.6 is 0 Å². The van der Waals surface area contributed by atoms with Gasteiger partial charge in [-0.3, -0.25) is 0 Å². The molecule has 0 saturated heterocycles. The van der Waals surface area contributed by atoms with Gasteiger partial charge in [0.1, 0.15) is 0 Å². The lowest BCUT2D eigenvalue weighted by atomic mass is 10.2. The van der Waals surface area contributed by atoms with Gasteiger partial charge in [0.25, 0.3) is 0 Å². The zero-order valence-electron chi connectivity index (χ0n) is 10.3. The van der Waals surface area contributed by atoms with Gasteiger partial charge in [-0.05, 0) is 31.1 Å². The van der Waals surface area contributed by atoms with Crippen molar-refractivity contribution in [2.75, 3.05) is 6.61 Å². The Labute approximate surface area is 89.7 Å². The van der Waals surface area contributed by atoms with E-state index >= 15 is 0 Å². The molecule has 0 aliphatic carbocycles. The number of rotatable bonds is 3. The lowest BCUT2D eigenvalue weighted by molar-refractivity contribution is 0.328. The topological polar surface area (TPSA) is 9.23 Å². The Morgan fingerprint density at radius 3 is 2.29 bits per heavy atom. The monoisotopic (exact) mass is 210 g/mol. The van der Waals surface area contributed by atoms with E-state index in [1.165, 1.54) is 0 Å². The Morgan fingerprint density at radius 2 is 1.86 bits per heavy atom. The average Bonchev–Trinajstić information content (AvgIpc) is 2.02. The van der Waals surface area contributed by atoms with Gasteiger partial charge in [-0.15, -0.1) is 5.92 Å². The zero-order chi connectivity index (χ0) is 11.2. The summed E-state index contributed by atoms with van der Waals surface area (Å²) in [6.45, 7) is 13.8. The summed E-state index contributed by atoms with van der Waals surface area (Å²) in [5, 5.41) is 0.289. The first-order valence-corrected chi connectivity index (χ1v) is 7.93. The van der Waals surface area contributed by atoms with Crippen LogP contribution in [-0.2, 0) is 4.43 Å². The maximum Gasteiger partial charge on any atom is 0.192 e. The fourth-order valence-electron chi connectivity index (χ4n) is 0.663. The number of allylic oxidation sites excluding steroid dienone is 1. The smallest absolute Gasteiger partial charge is 0.192 e. The summed E-state index contributed by atoms with van der Waals surface area (Å²) < 4.78 is 5.92. The lowest BCUT2D eigenvalue weighted by Crippen LogP contribution is -2.40. The molecular formula is C12H22OSi. The second-order valence-electron chi connectivity index (χ2n) is 4.87. The van der Waals surface area contributed by atoms with E-state index in [0.717, 1.165) is 0 Å². The van der Waals surface area contributed by atoms with Crippen LogP contribution in [0.15, 0.2) is 12.2 Å². The highest BCUT2D eigenvalue weighted by molar-refractivity contribution is 6.74. The summed E-state index contributed by atoms with van der Waals surface area (Å²) in [5.74, 6) is 5.69. The van der Waals surface area contributed by atoms with Crippen molar-refractivity contribution in [1.82, 2.24) is 0 Å². The Hall–Kier alpha value is -0.523. The van der Waals surface area contributed by atoms with Crippen LogP contribution in [0.5, 0.6) is 0 Å². The van der Waals surface area contributed by atoms with E-state index in [1.54, 1.807) is 0 Å². The quantitative estimate of drug-likeness (QED) is 0.511. The third-order valence-corrected chi connectivity index (χ3v) is 7.19. The molecule has 0 atom stereocenters. The highest BCUT2D eigenvalue weighted by atomic mass is 28.4. The summed E-state index contributed by atoms with van der Waals surface area (Å²) in [6, 6.07) is 0. The molecule has 0 amide bonds. The molecule has 0 unspecified atom stereocenters. The normalized spacial score (nSPS) is 12.7. The molecule has 0 N–H and O–H groups in total. The van der Waals surface area contributed by atoms with Gasteiger partial charge in [0.05, 0.1) is 6.61 Å². The van der Waals surface area contributed by atoms with E-state index in [4.69, 9.17) is 4.43 Å². The SMILES string of the molecule is CC#C/C=C\CO[Si](C)(C)C(C)(C)C. The minimum atomic E-state index is -1.56. The van der Waals surface area contributed by atoms with E-state index < -0.39 is 8.32 Å². The van der Waals surface area contributed by atoms with Crippen molar-refractivity contribution >= 4 is 8.32 Å². The molecule has 0 aromatic rings. The molecule has 80 valence electrons. The molecular weight excluding hydrogens is 188 g/mol. The predicted molar refractivity (Wildman–Crippen MR) is 65.7 cm³/mol. The van der Waals surface area contributed by atoms with E-state index in [2.05, 4.69) is 45.7 Å². The average molecular weight is 210 g/mol. The van der Waals surface area contributed by atoms with E-state index in [-0.39, 0.29) is 5.04 Å². The van der Waals surface area contributed by atoms with Crippen molar-refractivity contribution in [3.8, 4) is 11.8 Å². The molecule has 0 heterocycles. The molecule has 0 radical (unpaired) electrons. The molecule has 0 rings (SSSR count). The fourth-order valence-corrected chi connectivity index (χ4v) is 1.61. The van der Waals surface area contributed by atoms with Crippen LogP contribution in [-0.4, -0.2) is 14.9 Å². The van der Waals surface area contributed by atoms with Gasteiger partial charge in [-0.2, -0.15) is 0 Å². The fraction of sp³-hybridized carbons (Fsp3) is 0.667. The van der Waals surface area contributed by atoms with Gasteiger partial charge in [-0.25, -0.2) is 0 Å². The number of hydrogen-bond donors (Lipinski definition) is 0. The van der Waals surface area contributed by atoms with E-state index in [9.17, 15) is 0 Å². The number of hydrogen-bond acceptors (Lipinski definition) is 1. The van der Waals surface area contributed by atoms with Crippen LogP contribution in [0.4, 0.5) is 0 Å². The molecule has 0 fully saturated rings. The molecule has 0 bridgehead atoms. The largest absolute Gasteiger partial charge is 0.413 e. The minimum Gasteiger partial charge on any atom is -0.413 e. The van der Waals surface area contributed by atoms with E-state index in [0.29, 0.717) is 6.61 Å². The maximum atomic E-state index is 5.92. The Bertz CT molecular complexity index is 248. The first kappa shape index (κ1) is 13.5. The molecule has 14 heavy (non-hydrogen) atoms. The lowest BCUT2D eigenvalue weighted by Gasteiger charge is -2.35. The summed E-state index contributed by atoms with van der Waals surface area (Å²) in [7, 11) is -1.56. The van der Waals surface area contributed by atoms with Crippen LogP contribution in [0.2, 0.25) is 18.1 Å². The first-order valence-electron chi connectivity index (χ1n) is 5.02. The van der Waals surface area contributed by atoms with Crippen LogP contribution in [0.3, 0.4) is 0 Å². The summed E-state index contributed by atoms with van der Waals surface area (Å²) in [4.78, 5) is 0. The highest BCUT2D eigenvalue weighted by Crippen LogP contribution is 2.36. The van der Waals surface area contributed by atoms with Crippen LogP contribution in [0, 0.1) is 11.8 Å². The van der Waals surface area contributed by atoms with Gasteiger partial charge in [0.2, 0.25) is 0 Å². The van der Waals surface area contributed by atoms with Crippen LogP contribution in [0.1, 0.15) is 27.7 Å². The Kier molecular flexibility index (Phi) is 5.18. The third kappa shape index (κ3) is 4.64.